The van der Waals surface area contributed by atoms with E-state index in [-0.39, 0.29) is 0 Å². The zero-order chi connectivity index (χ0) is 11.2. The van der Waals surface area contributed by atoms with Crippen LogP contribution < -0.4 is 5.32 Å². The monoisotopic (exact) mass is 237 g/mol. The van der Waals surface area contributed by atoms with Crippen molar-refractivity contribution >= 4 is 11.3 Å². The van der Waals surface area contributed by atoms with Crippen LogP contribution in [0.2, 0.25) is 0 Å². The van der Waals surface area contributed by atoms with Crippen LogP contribution >= 0.6 is 11.3 Å². The molecule has 2 heteroatoms. The molecular formula is C14H23NS. The fourth-order valence-corrected chi connectivity index (χ4v) is 3.23. The maximum Gasteiger partial charge on any atom is 0.0302 e. The Balaban J connectivity index is 1.58. The van der Waals surface area contributed by atoms with Gasteiger partial charge in [-0.3, -0.25) is 0 Å². The zero-order valence-electron chi connectivity index (χ0n) is 10.2. The molecule has 0 radical (unpaired) electrons. The van der Waals surface area contributed by atoms with E-state index >= 15 is 0 Å². The van der Waals surface area contributed by atoms with Crippen molar-refractivity contribution in [3.05, 3.63) is 22.4 Å². The molecule has 1 N–H and O–H groups in total. The smallest absolute Gasteiger partial charge is 0.0302 e. The molecule has 1 atom stereocenters. The average Bonchev–Trinajstić information content (AvgIpc) is 2.96. The first kappa shape index (κ1) is 12.1. The molecule has 1 heterocycles. The van der Waals surface area contributed by atoms with Gasteiger partial charge in [-0.15, -0.1) is 11.3 Å². The second kappa shape index (κ2) is 6.41. The van der Waals surface area contributed by atoms with Crippen molar-refractivity contribution in [1.82, 2.24) is 5.32 Å². The lowest BCUT2D eigenvalue weighted by atomic mass is 9.99. The topological polar surface area (TPSA) is 12.0 Å². The third-order valence-electron chi connectivity index (χ3n) is 3.69. The molecule has 1 unspecified atom stereocenters. The number of hydrogen-bond donors (Lipinski definition) is 1. The number of hydrogen-bond acceptors (Lipinski definition) is 2. The van der Waals surface area contributed by atoms with E-state index in [1.54, 1.807) is 0 Å². The highest BCUT2D eigenvalue weighted by Gasteiger charge is 2.15. The first-order chi connectivity index (χ1) is 7.84. The lowest BCUT2D eigenvalue weighted by Gasteiger charge is -2.15. The summed E-state index contributed by atoms with van der Waals surface area (Å²) in [5.41, 5.74) is 0. The van der Waals surface area contributed by atoms with Crippen molar-refractivity contribution in [3.8, 4) is 0 Å². The molecule has 90 valence electrons. The lowest BCUT2D eigenvalue weighted by Crippen LogP contribution is -2.25. The van der Waals surface area contributed by atoms with E-state index in [4.69, 9.17) is 0 Å². The Kier molecular flexibility index (Phi) is 4.86. The minimum atomic E-state index is 0.669. The average molecular weight is 237 g/mol. The fourth-order valence-electron chi connectivity index (χ4n) is 2.57. The predicted molar refractivity (Wildman–Crippen MR) is 71.8 cm³/mol. The van der Waals surface area contributed by atoms with E-state index < -0.39 is 0 Å². The second-order valence-electron chi connectivity index (χ2n) is 5.09. The highest BCUT2D eigenvalue weighted by Crippen LogP contribution is 2.28. The van der Waals surface area contributed by atoms with Gasteiger partial charge in [0.05, 0.1) is 0 Å². The molecule has 1 aromatic heterocycles. The molecule has 0 amide bonds. The first-order valence-corrected chi connectivity index (χ1v) is 7.48. The molecule has 0 aromatic carbocycles. The normalized spacial score (nSPS) is 19.1. The summed E-state index contributed by atoms with van der Waals surface area (Å²) in [5.74, 6) is 1.03. The van der Waals surface area contributed by atoms with E-state index in [1.807, 2.05) is 11.3 Å². The van der Waals surface area contributed by atoms with Gasteiger partial charge in [0.25, 0.3) is 0 Å². The quantitative estimate of drug-likeness (QED) is 0.782. The molecule has 2 rings (SSSR count). The van der Waals surface area contributed by atoms with Crippen LogP contribution in [0, 0.1) is 5.92 Å². The van der Waals surface area contributed by atoms with Gasteiger partial charge in [0.15, 0.2) is 0 Å². The summed E-state index contributed by atoms with van der Waals surface area (Å²) in [5, 5.41) is 5.77. The van der Waals surface area contributed by atoms with Crippen molar-refractivity contribution in [2.75, 3.05) is 0 Å². The van der Waals surface area contributed by atoms with Gasteiger partial charge in [0.2, 0.25) is 0 Å². The van der Waals surface area contributed by atoms with Crippen LogP contribution in [0.5, 0.6) is 0 Å². The SMILES string of the molecule is CC(CCC1CCCC1)NCc1cccs1. The molecule has 0 aliphatic heterocycles. The highest BCUT2D eigenvalue weighted by molar-refractivity contribution is 7.09. The molecule has 1 nitrogen and oxygen atoms in total. The Hall–Kier alpha value is -0.340. The van der Waals surface area contributed by atoms with Crippen LogP contribution in [0.15, 0.2) is 17.5 Å². The van der Waals surface area contributed by atoms with Gasteiger partial charge in [-0.05, 0) is 37.1 Å². The Morgan fingerprint density at radius 3 is 2.94 bits per heavy atom. The Morgan fingerprint density at radius 1 is 1.44 bits per heavy atom. The van der Waals surface area contributed by atoms with Gasteiger partial charge in [0, 0.05) is 17.5 Å². The fraction of sp³-hybridized carbons (Fsp3) is 0.714. The van der Waals surface area contributed by atoms with E-state index in [9.17, 15) is 0 Å². The molecule has 1 aliphatic rings. The number of nitrogens with one attached hydrogen (secondary N) is 1. The summed E-state index contributed by atoms with van der Waals surface area (Å²) >= 11 is 1.85. The number of thiophene rings is 1. The van der Waals surface area contributed by atoms with E-state index in [2.05, 4.69) is 29.8 Å². The van der Waals surface area contributed by atoms with Gasteiger partial charge >= 0.3 is 0 Å². The first-order valence-electron chi connectivity index (χ1n) is 6.60. The van der Waals surface area contributed by atoms with Crippen molar-refractivity contribution < 1.29 is 0 Å². The molecule has 16 heavy (non-hydrogen) atoms. The van der Waals surface area contributed by atoms with E-state index in [0.29, 0.717) is 6.04 Å². The molecule has 1 fully saturated rings. The van der Waals surface area contributed by atoms with Gasteiger partial charge in [-0.2, -0.15) is 0 Å². The molecule has 0 saturated heterocycles. The predicted octanol–water partition coefficient (Wildman–Crippen LogP) is 4.20. The molecule has 1 saturated carbocycles. The standard InChI is InChI=1S/C14H23NS/c1-12(8-9-13-5-2-3-6-13)15-11-14-7-4-10-16-14/h4,7,10,12-13,15H,2-3,5-6,8-9,11H2,1H3. The van der Waals surface area contributed by atoms with Gasteiger partial charge in [-0.25, -0.2) is 0 Å². The summed E-state index contributed by atoms with van der Waals surface area (Å²) in [6.07, 6.45) is 8.69. The minimum absolute atomic E-state index is 0.669. The summed E-state index contributed by atoms with van der Waals surface area (Å²) in [6, 6.07) is 5.01. The molecule has 1 aliphatic carbocycles. The summed E-state index contributed by atoms with van der Waals surface area (Å²) in [4.78, 5) is 1.45. The van der Waals surface area contributed by atoms with Crippen LogP contribution in [0.25, 0.3) is 0 Å². The van der Waals surface area contributed by atoms with Crippen molar-refractivity contribution in [2.24, 2.45) is 5.92 Å². The van der Waals surface area contributed by atoms with Crippen LogP contribution in [0.4, 0.5) is 0 Å². The van der Waals surface area contributed by atoms with Crippen LogP contribution in [-0.2, 0) is 6.54 Å². The van der Waals surface area contributed by atoms with Gasteiger partial charge < -0.3 is 5.32 Å². The minimum Gasteiger partial charge on any atom is -0.309 e. The van der Waals surface area contributed by atoms with Gasteiger partial charge in [-0.1, -0.05) is 31.7 Å². The van der Waals surface area contributed by atoms with Gasteiger partial charge in [0.1, 0.15) is 0 Å². The van der Waals surface area contributed by atoms with Crippen LogP contribution in [0.3, 0.4) is 0 Å². The largest absolute Gasteiger partial charge is 0.309 e. The lowest BCUT2D eigenvalue weighted by molar-refractivity contribution is 0.420. The third-order valence-corrected chi connectivity index (χ3v) is 4.56. The van der Waals surface area contributed by atoms with Crippen molar-refractivity contribution in [3.63, 3.8) is 0 Å². The third kappa shape index (κ3) is 3.91. The molecular weight excluding hydrogens is 214 g/mol. The maximum atomic E-state index is 3.62. The Morgan fingerprint density at radius 2 is 2.25 bits per heavy atom. The molecule has 0 bridgehead atoms. The van der Waals surface area contributed by atoms with Crippen LogP contribution in [0.1, 0.15) is 50.3 Å². The van der Waals surface area contributed by atoms with Crippen molar-refractivity contribution in [2.45, 2.75) is 58.0 Å². The summed E-state index contributed by atoms with van der Waals surface area (Å²) in [7, 11) is 0. The van der Waals surface area contributed by atoms with E-state index in [0.717, 1.165) is 12.5 Å². The maximum absolute atomic E-state index is 3.62. The Labute approximate surface area is 103 Å². The zero-order valence-corrected chi connectivity index (χ0v) is 11.1. The second-order valence-corrected chi connectivity index (χ2v) is 6.12. The molecule has 0 spiro atoms. The van der Waals surface area contributed by atoms with Crippen LogP contribution in [-0.4, -0.2) is 6.04 Å². The number of rotatable bonds is 6. The van der Waals surface area contributed by atoms with Crippen molar-refractivity contribution in [1.29, 1.82) is 0 Å². The summed E-state index contributed by atoms with van der Waals surface area (Å²) in [6.45, 7) is 3.37. The van der Waals surface area contributed by atoms with E-state index in [1.165, 1.54) is 43.4 Å². The molecule has 1 aromatic rings. The Bertz CT molecular complexity index is 275. The highest BCUT2D eigenvalue weighted by atomic mass is 32.1. The summed E-state index contributed by atoms with van der Waals surface area (Å²) < 4.78 is 0.